The predicted molar refractivity (Wildman–Crippen MR) is 50.6 cm³/mol. The third-order valence-electron chi connectivity index (χ3n) is 3.64. The Hall–Kier alpha value is -0.120. The van der Waals surface area contributed by atoms with Gasteiger partial charge in [-0.15, -0.1) is 0 Å². The lowest BCUT2D eigenvalue weighted by atomic mass is 9.78. The molecule has 0 bridgehead atoms. The molecule has 3 nitrogen and oxygen atoms in total. The molecule has 1 unspecified atom stereocenters. The summed E-state index contributed by atoms with van der Waals surface area (Å²) in [6.07, 6.45) is 3.50. The molecule has 0 amide bonds. The van der Waals surface area contributed by atoms with E-state index in [2.05, 4.69) is 11.9 Å². The lowest BCUT2D eigenvalue weighted by molar-refractivity contribution is 0.0200. The lowest BCUT2D eigenvalue weighted by Gasteiger charge is -2.32. The number of likely N-dealkylation sites (N-methyl/N-ethyl adjacent to an activating group) is 1. The Labute approximate surface area is 79.7 Å². The van der Waals surface area contributed by atoms with Gasteiger partial charge in [0.05, 0.1) is 6.61 Å². The van der Waals surface area contributed by atoms with Gasteiger partial charge < -0.3 is 14.7 Å². The average Bonchev–Trinajstić information content (AvgIpc) is 2.44. The van der Waals surface area contributed by atoms with Crippen molar-refractivity contribution in [1.29, 1.82) is 0 Å². The first-order chi connectivity index (χ1) is 6.26. The first-order valence-corrected chi connectivity index (χ1v) is 5.15. The molecular formula is C10H19NO2. The van der Waals surface area contributed by atoms with Crippen LogP contribution in [0.2, 0.25) is 0 Å². The SMILES string of the molecule is CN1CC2(CCOCC2)CC1CO. The second-order valence-electron chi connectivity index (χ2n) is 4.57. The largest absolute Gasteiger partial charge is 0.395 e. The normalized spacial score (nSPS) is 34.2. The van der Waals surface area contributed by atoms with Crippen molar-refractivity contribution < 1.29 is 9.84 Å². The molecule has 2 saturated heterocycles. The molecule has 1 spiro atoms. The molecule has 1 N–H and O–H groups in total. The summed E-state index contributed by atoms with van der Waals surface area (Å²) in [7, 11) is 2.12. The summed E-state index contributed by atoms with van der Waals surface area (Å²) in [6.45, 7) is 3.26. The van der Waals surface area contributed by atoms with Gasteiger partial charge in [-0.2, -0.15) is 0 Å². The predicted octanol–water partition coefficient (Wildman–Crippen LogP) is 0.480. The Morgan fingerprint density at radius 2 is 2.15 bits per heavy atom. The molecule has 0 aromatic carbocycles. The van der Waals surface area contributed by atoms with Crippen molar-refractivity contribution in [1.82, 2.24) is 4.90 Å². The number of hydrogen-bond acceptors (Lipinski definition) is 3. The van der Waals surface area contributed by atoms with Crippen LogP contribution in [-0.4, -0.2) is 49.5 Å². The zero-order valence-corrected chi connectivity index (χ0v) is 8.33. The van der Waals surface area contributed by atoms with Gasteiger partial charge >= 0.3 is 0 Å². The molecule has 0 radical (unpaired) electrons. The van der Waals surface area contributed by atoms with E-state index in [4.69, 9.17) is 4.74 Å². The summed E-state index contributed by atoms with van der Waals surface area (Å²) >= 11 is 0. The molecule has 0 aromatic rings. The number of ether oxygens (including phenoxy) is 1. The zero-order valence-electron chi connectivity index (χ0n) is 8.33. The van der Waals surface area contributed by atoms with Crippen LogP contribution in [0.25, 0.3) is 0 Å². The van der Waals surface area contributed by atoms with Crippen LogP contribution in [0.1, 0.15) is 19.3 Å². The quantitative estimate of drug-likeness (QED) is 0.645. The Balaban J connectivity index is 2.01. The van der Waals surface area contributed by atoms with E-state index < -0.39 is 0 Å². The summed E-state index contributed by atoms with van der Waals surface area (Å²) < 4.78 is 5.38. The maximum atomic E-state index is 9.18. The van der Waals surface area contributed by atoms with Crippen LogP contribution in [-0.2, 0) is 4.74 Å². The number of aliphatic hydroxyl groups is 1. The van der Waals surface area contributed by atoms with Crippen LogP contribution in [0, 0.1) is 5.41 Å². The highest BCUT2D eigenvalue weighted by molar-refractivity contribution is 4.95. The molecule has 2 heterocycles. The van der Waals surface area contributed by atoms with Crippen molar-refractivity contribution in [2.24, 2.45) is 5.41 Å². The van der Waals surface area contributed by atoms with E-state index in [9.17, 15) is 5.11 Å². The fourth-order valence-electron chi connectivity index (χ4n) is 2.75. The second kappa shape index (κ2) is 3.56. The highest BCUT2D eigenvalue weighted by Crippen LogP contribution is 2.41. The molecule has 13 heavy (non-hydrogen) atoms. The molecule has 0 saturated carbocycles. The van der Waals surface area contributed by atoms with Crippen LogP contribution in [0.15, 0.2) is 0 Å². The summed E-state index contributed by atoms with van der Waals surface area (Å²) in [5.41, 5.74) is 0.459. The maximum absolute atomic E-state index is 9.18. The van der Waals surface area contributed by atoms with Crippen LogP contribution in [0.3, 0.4) is 0 Å². The fraction of sp³-hybridized carbons (Fsp3) is 1.00. The van der Waals surface area contributed by atoms with E-state index in [1.165, 1.54) is 12.8 Å². The Kier molecular flexibility index (Phi) is 2.58. The standard InChI is InChI=1S/C10H19NO2/c1-11-8-10(6-9(11)7-12)2-4-13-5-3-10/h9,12H,2-8H2,1H3. The van der Waals surface area contributed by atoms with Gasteiger partial charge in [0.1, 0.15) is 0 Å². The van der Waals surface area contributed by atoms with Crippen molar-refractivity contribution in [2.75, 3.05) is 33.4 Å². The second-order valence-corrected chi connectivity index (χ2v) is 4.57. The average molecular weight is 185 g/mol. The van der Waals surface area contributed by atoms with Gasteiger partial charge in [0.15, 0.2) is 0 Å². The van der Waals surface area contributed by atoms with Crippen molar-refractivity contribution >= 4 is 0 Å². The van der Waals surface area contributed by atoms with Crippen LogP contribution < -0.4 is 0 Å². The molecule has 0 aromatic heterocycles. The van der Waals surface area contributed by atoms with Crippen LogP contribution in [0.4, 0.5) is 0 Å². The third kappa shape index (κ3) is 1.73. The summed E-state index contributed by atoms with van der Waals surface area (Å²) in [5.74, 6) is 0. The Morgan fingerprint density at radius 1 is 1.46 bits per heavy atom. The number of aliphatic hydroxyl groups excluding tert-OH is 1. The summed E-state index contributed by atoms with van der Waals surface area (Å²) in [6, 6.07) is 0.387. The highest BCUT2D eigenvalue weighted by Gasteiger charge is 2.42. The van der Waals surface area contributed by atoms with Crippen LogP contribution >= 0.6 is 0 Å². The highest BCUT2D eigenvalue weighted by atomic mass is 16.5. The minimum Gasteiger partial charge on any atom is -0.395 e. The van der Waals surface area contributed by atoms with E-state index in [1.54, 1.807) is 0 Å². The van der Waals surface area contributed by atoms with Crippen LogP contribution in [0.5, 0.6) is 0 Å². The van der Waals surface area contributed by atoms with Gasteiger partial charge in [0.25, 0.3) is 0 Å². The minimum atomic E-state index is 0.305. The summed E-state index contributed by atoms with van der Waals surface area (Å²) in [5, 5.41) is 9.18. The minimum absolute atomic E-state index is 0.305. The molecule has 3 heteroatoms. The number of rotatable bonds is 1. The first-order valence-electron chi connectivity index (χ1n) is 5.15. The zero-order chi connectivity index (χ0) is 9.31. The first kappa shape index (κ1) is 9.44. The number of likely N-dealkylation sites (tertiary alicyclic amines) is 1. The molecule has 2 aliphatic heterocycles. The number of hydrogen-bond donors (Lipinski definition) is 1. The van der Waals surface area contributed by atoms with E-state index >= 15 is 0 Å². The topological polar surface area (TPSA) is 32.7 Å². The Bertz CT molecular complexity index is 178. The van der Waals surface area contributed by atoms with E-state index in [0.717, 1.165) is 26.2 Å². The van der Waals surface area contributed by atoms with E-state index in [-0.39, 0.29) is 0 Å². The molecule has 1 atom stereocenters. The lowest BCUT2D eigenvalue weighted by Crippen LogP contribution is -2.32. The van der Waals surface area contributed by atoms with Gasteiger partial charge in [-0.05, 0) is 31.7 Å². The molecule has 2 fully saturated rings. The van der Waals surface area contributed by atoms with Crippen molar-refractivity contribution in [2.45, 2.75) is 25.3 Å². The Morgan fingerprint density at radius 3 is 2.69 bits per heavy atom. The van der Waals surface area contributed by atoms with Gasteiger partial charge in [-0.25, -0.2) is 0 Å². The van der Waals surface area contributed by atoms with E-state index in [1.807, 2.05) is 0 Å². The third-order valence-corrected chi connectivity index (χ3v) is 3.64. The molecule has 0 aliphatic carbocycles. The molecule has 76 valence electrons. The monoisotopic (exact) mass is 185 g/mol. The van der Waals surface area contributed by atoms with Gasteiger partial charge in [-0.3, -0.25) is 0 Å². The van der Waals surface area contributed by atoms with Gasteiger partial charge in [0, 0.05) is 25.8 Å². The van der Waals surface area contributed by atoms with Crippen molar-refractivity contribution in [3.05, 3.63) is 0 Å². The number of nitrogens with zero attached hydrogens (tertiary/aromatic N) is 1. The maximum Gasteiger partial charge on any atom is 0.0586 e. The van der Waals surface area contributed by atoms with E-state index in [0.29, 0.717) is 18.1 Å². The molecule has 2 aliphatic rings. The van der Waals surface area contributed by atoms with Crippen molar-refractivity contribution in [3.8, 4) is 0 Å². The molecule has 2 rings (SSSR count). The van der Waals surface area contributed by atoms with Gasteiger partial charge in [-0.1, -0.05) is 0 Å². The molecular weight excluding hydrogens is 166 g/mol. The fourth-order valence-corrected chi connectivity index (χ4v) is 2.75. The van der Waals surface area contributed by atoms with Gasteiger partial charge in [0.2, 0.25) is 0 Å². The smallest absolute Gasteiger partial charge is 0.0586 e. The summed E-state index contributed by atoms with van der Waals surface area (Å²) in [4.78, 5) is 2.30. The van der Waals surface area contributed by atoms with Crippen molar-refractivity contribution in [3.63, 3.8) is 0 Å².